The summed E-state index contributed by atoms with van der Waals surface area (Å²) in [6.07, 6.45) is -1.68. The molecule has 1 aromatic carbocycles. The van der Waals surface area contributed by atoms with Gasteiger partial charge >= 0.3 is 0 Å². The van der Waals surface area contributed by atoms with Gasteiger partial charge in [-0.1, -0.05) is 22.5 Å². The Morgan fingerprint density at radius 2 is 2.00 bits per heavy atom. The van der Waals surface area contributed by atoms with Gasteiger partial charge in [-0.25, -0.2) is 0 Å². The molecule has 0 heterocycles. The van der Waals surface area contributed by atoms with Gasteiger partial charge in [0.25, 0.3) is 0 Å². The van der Waals surface area contributed by atoms with Crippen LogP contribution < -0.4 is 4.74 Å². The van der Waals surface area contributed by atoms with Crippen LogP contribution in [0.5, 0.6) is 5.75 Å². The van der Waals surface area contributed by atoms with Gasteiger partial charge in [0, 0.05) is 4.47 Å². The van der Waals surface area contributed by atoms with Gasteiger partial charge in [-0.15, -0.1) is 0 Å². The number of aliphatic hydroxyl groups excluding tert-OH is 2. The predicted molar refractivity (Wildman–Crippen MR) is 72.4 cm³/mol. The van der Waals surface area contributed by atoms with Crippen molar-refractivity contribution >= 4 is 15.9 Å². The molecule has 18 heavy (non-hydrogen) atoms. The zero-order valence-corrected chi connectivity index (χ0v) is 11.8. The minimum atomic E-state index is -1.09. The zero-order chi connectivity index (χ0) is 13.5. The Labute approximate surface area is 115 Å². The molecule has 0 radical (unpaired) electrons. The van der Waals surface area contributed by atoms with Gasteiger partial charge in [-0.3, -0.25) is 0 Å². The molecule has 0 fully saturated rings. The van der Waals surface area contributed by atoms with E-state index in [0.717, 1.165) is 4.47 Å². The summed E-state index contributed by atoms with van der Waals surface area (Å²) in [7, 11) is 0. The van der Waals surface area contributed by atoms with Gasteiger partial charge in [0.2, 0.25) is 0 Å². The van der Waals surface area contributed by atoms with Crippen LogP contribution in [0, 0.1) is 0 Å². The molecule has 2 atom stereocenters. The van der Waals surface area contributed by atoms with Crippen molar-refractivity contribution in [2.75, 3.05) is 13.2 Å². The molecule has 0 aliphatic heterocycles. The molecule has 0 amide bonds. The first-order chi connectivity index (χ1) is 8.52. The van der Waals surface area contributed by atoms with Crippen molar-refractivity contribution in [1.29, 1.82) is 0 Å². The van der Waals surface area contributed by atoms with E-state index < -0.39 is 12.4 Å². The van der Waals surface area contributed by atoms with Crippen LogP contribution in [0.2, 0.25) is 0 Å². The molecule has 100 valence electrons. The van der Waals surface area contributed by atoms with Gasteiger partial charge < -0.3 is 19.7 Å². The van der Waals surface area contributed by atoms with Gasteiger partial charge in [0.05, 0.1) is 6.61 Å². The number of hydrogen-bond acceptors (Lipinski definition) is 4. The minimum absolute atomic E-state index is 0.155. The number of aliphatic hydroxyl groups is 2. The third-order valence-electron chi connectivity index (χ3n) is 2.20. The normalized spacial score (nSPS) is 14.0. The summed E-state index contributed by atoms with van der Waals surface area (Å²) < 4.78 is 11.6. The topological polar surface area (TPSA) is 58.9 Å². The summed E-state index contributed by atoms with van der Waals surface area (Å²) in [4.78, 5) is 0. The molecule has 1 rings (SSSR count). The highest BCUT2D eigenvalue weighted by Crippen LogP contribution is 2.16. The first-order valence-electron chi connectivity index (χ1n) is 5.51. The molecule has 0 saturated carbocycles. The van der Waals surface area contributed by atoms with Crippen molar-refractivity contribution in [1.82, 2.24) is 0 Å². The SMILES string of the molecule is C=C(C)C(O)OC(CO)COc1ccc(Br)cc1. The van der Waals surface area contributed by atoms with Crippen LogP contribution in [0.4, 0.5) is 0 Å². The second-order valence-electron chi connectivity index (χ2n) is 3.90. The summed E-state index contributed by atoms with van der Waals surface area (Å²) in [6.45, 7) is 5.14. The largest absolute Gasteiger partial charge is 0.491 e. The summed E-state index contributed by atoms with van der Waals surface area (Å²) in [5.41, 5.74) is 0.483. The molecule has 0 aromatic heterocycles. The summed E-state index contributed by atoms with van der Waals surface area (Å²) in [5.74, 6) is 0.671. The quantitative estimate of drug-likeness (QED) is 0.597. The monoisotopic (exact) mass is 316 g/mol. The number of benzene rings is 1. The first-order valence-corrected chi connectivity index (χ1v) is 6.30. The van der Waals surface area contributed by atoms with Crippen LogP contribution in [-0.2, 0) is 4.74 Å². The molecule has 2 N–H and O–H groups in total. The molecule has 0 spiro atoms. The Bertz CT molecular complexity index is 377. The molecule has 0 aliphatic rings. The lowest BCUT2D eigenvalue weighted by molar-refractivity contribution is -0.134. The molecule has 5 heteroatoms. The molecule has 0 aliphatic carbocycles. The van der Waals surface area contributed by atoms with E-state index in [1.54, 1.807) is 19.1 Å². The number of hydrogen-bond donors (Lipinski definition) is 2. The smallest absolute Gasteiger partial charge is 0.177 e. The maximum absolute atomic E-state index is 9.47. The summed E-state index contributed by atoms with van der Waals surface area (Å²) in [5, 5.41) is 18.6. The summed E-state index contributed by atoms with van der Waals surface area (Å²) in [6, 6.07) is 7.31. The van der Waals surface area contributed by atoms with Crippen molar-refractivity contribution in [2.45, 2.75) is 19.3 Å². The highest BCUT2D eigenvalue weighted by Gasteiger charge is 2.15. The van der Waals surface area contributed by atoms with Crippen molar-refractivity contribution in [3.8, 4) is 5.75 Å². The van der Waals surface area contributed by atoms with Gasteiger partial charge in [-0.05, 0) is 36.8 Å². The van der Waals surface area contributed by atoms with Gasteiger partial charge in [0.15, 0.2) is 6.29 Å². The second-order valence-corrected chi connectivity index (χ2v) is 4.82. The molecule has 0 bridgehead atoms. The molecule has 2 unspecified atom stereocenters. The fourth-order valence-electron chi connectivity index (χ4n) is 1.15. The van der Waals surface area contributed by atoms with E-state index in [-0.39, 0.29) is 13.2 Å². The van der Waals surface area contributed by atoms with Crippen LogP contribution in [0.1, 0.15) is 6.92 Å². The van der Waals surface area contributed by atoms with Crippen LogP contribution in [-0.4, -0.2) is 35.8 Å². The minimum Gasteiger partial charge on any atom is -0.491 e. The molecule has 1 aromatic rings. The van der Waals surface area contributed by atoms with Crippen LogP contribution in [0.3, 0.4) is 0 Å². The maximum Gasteiger partial charge on any atom is 0.177 e. The Kier molecular flexibility index (Phi) is 6.35. The Hall–Kier alpha value is -0.880. The molecule has 0 saturated heterocycles. The fraction of sp³-hybridized carbons (Fsp3) is 0.385. The predicted octanol–water partition coefficient (Wildman–Crippen LogP) is 2.10. The van der Waals surface area contributed by atoms with E-state index in [1.165, 1.54) is 0 Å². The second kappa shape index (κ2) is 7.53. The lowest BCUT2D eigenvalue weighted by Gasteiger charge is -2.20. The van der Waals surface area contributed by atoms with Crippen LogP contribution in [0.15, 0.2) is 40.9 Å². The molecular weight excluding hydrogens is 300 g/mol. The van der Waals surface area contributed by atoms with Crippen LogP contribution in [0.25, 0.3) is 0 Å². The van der Waals surface area contributed by atoms with E-state index in [0.29, 0.717) is 11.3 Å². The number of ether oxygens (including phenoxy) is 2. The molecular formula is C13H17BrO4. The van der Waals surface area contributed by atoms with E-state index >= 15 is 0 Å². The Balaban J connectivity index is 2.44. The standard InChI is InChI=1S/C13H17BrO4/c1-9(2)13(16)18-12(7-15)8-17-11-5-3-10(14)4-6-11/h3-6,12-13,15-16H,1,7-8H2,2H3. The average molecular weight is 317 g/mol. The maximum atomic E-state index is 9.47. The summed E-state index contributed by atoms with van der Waals surface area (Å²) >= 11 is 3.32. The zero-order valence-electron chi connectivity index (χ0n) is 10.2. The highest BCUT2D eigenvalue weighted by molar-refractivity contribution is 9.10. The fourth-order valence-corrected chi connectivity index (χ4v) is 1.42. The van der Waals surface area contributed by atoms with Crippen molar-refractivity contribution in [3.05, 3.63) is 40.9 Å². The first kappa shape index (κ1) is 15.2. The lowest BCUT2D eigenvalue weighted by Crippen LogP contribution is -2.31. The van der Waals surface area contributed by atoms with Gasteiger partial charge in [-0.2, -0.15) is 0 Å². The Morgan fingerprint density at radius 3 is 2.50 bits per heavy atom. The average Bonchev–Trinajstić information content (AvgIpc) is 2.35. The number of rotatable bonds is 7. The highest BCUT2D eigenvalue weighted by atomic mass is 79.9. The molecule has 4 nitrogen and oxygen atoms in total. The van der Waals surface area contributed by atoms with Crippen molar-refractivity contribution < 1.29 is 19.7 Å². The van der Waals surface area contributed by atoms with E-state index in [1.807, 2.05) is 12.1 Å². The van der Waals surface area contributed by atoms with E-state index in [9.17, 15) is 5.11 Å². The van der Waals surface area contributed by atoms with Gasteiger partial charge in [0.1, 0.15) is 18.5 Å². The van der Waals surface area contributed by atoms with E-state index in [4.69, 9.17) is 14.6 Å². The lowest BCUT2D eigenvalue weighted by atomic mass is 10.3. The third kappa shape index (κ3) is 5.18. The Morgan fingerprint density at radius 1 is 1.39 bits per heavy atom. The third-order valence-corrected chi connectivity index (χ3v) is 2.72. The van der Waals surface area contributed by atoms with Crippen molar-refractivity contribution in [2.24, 2.45) is 0 Å². The van der Waals surface area contributed by atoms with Crippen molar-refractivity contribution in [3.63, 3.8) is 0 Å². The van der Waals surface area contributed by atoms with E-state index in [2.05, 4.69) is 22.5 Å². The van der Waals surface area contributed by atoms with Crippen LogP contribution >= 0.6 is 15.9 Å². The number of halogens is 1.